The van der Waals surface area contributed by atoms with Crippen molar-refractivity contribution < 1.29 is 8.42 Å². The van der Waals surface area contributed by atoms with Gasteiger partial charge in [0.1, 0.15) is 4.21 Å². The van der Waals surface area contributed by atoms with Crippen LogP contribution < -0.4 is 10.0 Å². The first kappa shape index (κ1) is 14.6. The average molecular weight is 276 g/mol. The molecule has 0 radical (unpaired) electrons. The zero-order chi connectivity index (χ0) is 12.9. The van der Waals surface area contributed by atoms with Gasteiger partial charge in [-0.3, -0.25) is 0 Å². The first-order chi connectivity index (χ1) is 7.99. The summed E-state index contributed by atoms with van der Waals surface area (Å²) in [5, 5.41) is 4.87. The molecule has 1 aromatic rings. The maximum Gasteiger partial charge on any atom is 0.250 e. The van der Waals surface area contributed by atoms with E-state index in [1.807, 2.05) is 19.4 Å². The van der Waals surface area contributed by atoms with Crippen LogP contribution in [0.25, 0.3) is 0 Å². The number of hydrogen-bond donors (Lipinski definition) is 2. The zero-order valence-corrected chi connectivity index (χ0v) is 12.1. The van der Waals surface area contributed by atoms with Crippen molar-refractivity contribution in [1.29, 1.82) is 0 Å². The molecule has 0 saturated carbocycles. The van der Waals surface area contributed by atoms with Gasteiger partial charge in [0.25, 0.3) is 0 Å². The van der Waals surface area contributed by atoms with E-state index in [0.717, 1.165) is 12.0 Å². The summed E-state index contributed by atoms with van der Waals surface area (Å²) in [6, 6.07) is 1.72. The monoisotopic (exact) mass is 276 g/mol. The molecule has 0 aromatic carbocycles. The molecule has 0 saturated heterocycles. The topological polar surface area (TPSA) is 58.2 Å². The van der Waals surface area contributed by atoms with Crippen LogP contribution in [0.15, 0.2) is 15.7 Å². The Morgan fingerprint density at radius 2 is 2.18 bits per heavy atom. The highest BCUT2D eigenvalue weighted by Crippen LogP contribution is 2.20. The number of thiophene rings is 1. The van der Waals surface area contributed by atoms with Crippen LogP contribution in [0.4, 0.5) is 0 Å². The van der Waals surface area contributed by atoms with E-state index in [2.05, 4.69) is 17.0 Å². The molecule has 1 heterocycles. The molecule has 6 heteroatoms. The van der Waals surface area contributed by atoms with E-state index >= 15 is 0 Å². The quantitative estimate of drug-likeness (QED) is 0.798. The molecule has 1 unspecified atom stereocenters. The Bertz CT molecular complexity index is 440. The van der Waals surface area contributed by atoms with Gasteiger partial charge in [-0.25, -0.2) is 13.1 Å². The molecule has 0 aliphatic heterocycles. The van der Waals surface area contributed by atoms with E-state index in [0.29, 0.717) is 23.2 Å². The Balaban J connectivity index is 2.68. The minimum atomic E-state index is -3.32. The van der Waals surface area contributed by atoms with Gasteiger partial charge in [0, 0.05) is 13.1 Å². The summed E-state index contributed by atoms with van der Waals surface area (Å²) in [5.74, 6) is 0.363. The van der Waals surface area contributed by atoms with Crippen molar-refractivity contribution in [2.75, 3.05) is 13.6 Å². The normalized spacial score (nSPS) is 13.8. The lowest BCUT2D eigenvalue weighted by atomic mass is 10.1. The van der Waals surface area contributed by atoms with Gasteiger partial charge in [0.2, 0.25) is 10.0 Å². The highest BCUT2D eigenvalue weighted by molar-refractivity contribution is 7.91. The minimum Gasteiger partial charge on any atom is -0.316 e. The lowest BCUT2D eigenvalue weighted by molar-refractivity contribution is 0.529. The SMILES string of the molecule is CCC(C)CNS(=O)(=O)c1cc(CNC)cs1. The van der Waals surface area contributed by atoms with Crippen LogP contribution in [-0.2, 0) is 16.6 Å². The van der Waals surface area contributed by atoms with Crippen LogP contribution in [0.3, 0.4) is 0 Å². The van der Waals surface area contributed by atoms with E-state index in [1.165, 1.54) is 11.3 Å². The molecule has 1 atom stereocenters. The molecule has 0 aliphatic rings. The molecule has 0 aliphatic carbocycles. The Morgan fingerprint density at radius 3 is 2.76 bits per heavy atom. The molecule has 4 nitrogen and oxygen atoms in total. The van der Waals surface area contributed by atoms with E-state index in [4.69, 9.17) is 0 Å². The van der Waals surface area contributed by atoms with Crippen LogP contribution in [0.2, 0.25) is 0 Å². The van der Waals surface area contributed by atoms with Gasteiger partial charge >= 0.3 is 0 Å². The third kappa shape index (κ3) is 4.39. The van der Waals surface area contributed by atoms with Crippen LogP contribution in [0, 0.1) is 5.92 Å². The molecule has 0 amide bonds. The first-order valence-corrected chi connectivity index (χ1v) is 8.07. The van der Waals surface area contributed by atoms with Crippen LogP contribution in [-0.4, -0.2) is 22.0 Å². The van der Waals surface area contributed by atoms with E-state index in [-0.39, 0.29) is 0 Å². The fourth-order valence-electron chi connectivity index (χ4n) is 1.26. The number of sulfonamides is 1. The summed E-state index contributed by atoms with van der Waals surface area (Å²) < 4.78 is 26.9. The van der Waals surface area contributed by atoms with Crippen molar-refractivity contribution in [2.45, 2.75) is 31.0 Å². The molecular formula is C11H20N2O2S2. The van der Waals surface area contributed by atoms with Gasteiger partial charge in [-0.2, -0.15) is 0 Å². The second-order valence-corrected chi connectivity index (χ2v) is 7.07. The lowest BCUT2D eigenvalue weighted by Crippen LogP contribution is -2.27. The molecule has 0 spiro atoms. The number of rotatable bonds is 7. The van der Waals surface area contributed by atoms with Crippen molar-refractivity contribution in [3.8, 4) is 0 Å². The molecular weight excluding hydrogens is 256 g/mol. The molecule has 1 rings (SSSR count). The van der Waals surface area contributed by atoms with Crippen molar-refractivity contribution in [1.82, 2.24) is 10.0 Å². The lowest BCUT2D eigenvalue weighted by Gasteiger charge is -2.09. The molecule has 98 valence electrons. The Hall–Kier alpha value is -0.430. The van der Waals surface area contributed by atoms with E-state index in [9.17, 15) is 8.42 Å². The summed E-state index contributed by atoms with van der Waals surface area (Å²) >= 11 is 1.27. The van der Waals surface area contributed by atoms with Crippen molar-refractivity contribution in [3.05, 3.63) is 17.0 Å². The summed E-state index contributed by atoms with van der Waals surface area (Å²) in [7, 11) is -1.48. The van der Waals surface area contributed by atoms with Gasteiger partial charge in [-0.05, 0) is 30.0 Å². The minimum absolute atomic E-state index is 0.363. The summed E-state index contributed by atoms with van der Waals surface area (Å²) in [6.07, 6.45) is 0.970. The van der Waals surface area contributed by atoms with Gasteiger partial charge in [-0.15, -0.1) is 11.3 Å². The van der Waals surface area contributed by atoms with Gasteiger partial charge in [0.05, 0.1) is 0 Å². The molecule has 0 fully saturated rings. The zero-order valence-electron chi connectivity index (χ0n) is 10.5. The fraction of sp³-hybridized carbons (Fsp3) is 0.636. The highest BCUT2D eigenvalue weighted by Gasteiger charge is 2.16. The maximum atomic E-state index is 11.9. The van der Waals surface area contributed by atoms with Gasteiger partial charge in [0.15, 0.2) is 0 Å². The Kier molecular flexibility index (Phi) is 5.58. The predicted molar refractivity (Wildman–Crippen MR) is 71.7 cm³/mol. The second-order valence-electron chi connectivity index (χ2n) is 4.17. The van der Waals surface area contributed by atoms with E-state index < -0.39 is 10.0 Å². The number of hydrogen-bond acceptors (Lipinski definition) is 4. The molecule has 17 heavy (non-hydrogen) atoms. The average Bonchev–Trinajstić information content (AvgIpc) is 2.76. The smallest absolute Gasteiger partial charge is 0.250 e. The third-order valence-corrected chi connectivity index (χ3v) is 5.51. The van der Waals surface area contributed by atoms with E-state index in [1.54, 1.807) is 6.07 Å². The van der Waals surface area contributed by atoms with Crippen LogP contribution in [0.1, 0.15) is 25.8 Å². The molecule has 1 aromatic heterocycles. The second kappa shape index (κ2) is 6.49. The van der Waals surface area contributed by atoms with Crippen LogP contribution >= 0.6 is 11.3 Å². The molecule has 2 N–H and O–H groups in total. The highest BCUT2D eigenvalue weighted by atomic mass is 32.2. The maximum absolute atomic E-state index is 11.9. The predicted octanol–water partition coefficient (Wildman–Crippen LogP) is 1.79. The van der Waals surface area contributed by atoms with Crippen molar-refractivity contribution in [3.63, 3.8) is 0 Å². The summed E-state index contributed by atoms with van der Waals surface area (Å²) in [4.78, 5) is 0. The summed E-state index contributed by atoms with van der Waals surface area (Å²) in [5.41, 5.74) is 1.00. The summed E-state index contributed by atoms with van der Waals surface area (Å²) in [6.45, 7) is 5.27. The number of nitrogens with one attached hydrogen (secondary N) is 2. The molecule has 0 bridgehead atoms. The van der Waals surface area contributed by atoms with Crippen molar-refractivity contribution in [2.24, 2.45) is 5.92 Å². The standard InChI is InChI=1S/C11H20N2O2S2/c1-4-9(2)6-13-17(14,15)11-5-10(7-12-3)8-16-11/h5,8-9,12-13H,4,6-7H2,1-3H3. The largest absolute Gasteiger partial charge is 0.316 e. The Labute approximate surface area is 107 Å². The Morgan fingerprint density at radius 1 is 1.47 bits per heavy atom. The van der Waals surface area contributed by atoms with Crippen molar-refractivity contribution >= 4 is 21.4 Å². The van der Waals surface area contributed by atoms with Gasteiger partial charge in [-0.1, -0.05) is 20.3 Å². The first-order valence-electron chi connectivity index (χ1n) is 5.71. The fourth-order valence-corrected chi connectivity index (χ4v) is 3.68. The third-order valence-electron chi connectivity index (χ3n) is 2.59. The van der Waals surface area contributed by atoms with Crippen LogP contribution in [0.5, 0.6) is 0 Å². The van der Waals surface area contributed by atoms with Gasteiger partial charge < -0.3 is 5.32 Å².